The molecule has 0 radical (unpaired) electrons. The molecule has 3 rings (SSSR count). The van der Waals surface area contributed by atoms with Crippen molar-refractivity contribution in [3.05, 3.63) is 24.2 Å². The average Bonchev–Trinajstić information content (AvgIpc) is 3.08. The maximum absolute atomic E-state index is 9.80. The fourth-order valence-electron chi connectivity index (χ4n) is 3.03. The maximum Gasteiger partial charge on any atom is 0.113 e. The van der Waals surface area contributed by atoms with E-state index in [1.165, 1.54) is 25.7 Å². The molecule has 19 heavy (non-hydrogen) atoms. The Morgan fingerprint density at radius 3 is 3.00 bits per heavy atom. The van der Waals surface area contributed by atoms with Crippen LogP contribution in [0.5, 0.6) is 0 Å². The fourth-order valence-corrected chi connectivity index (χ4v) is 4.36. The van der Waals surface area contributed by atoms with E-state index in [1.807, 2.05) is 23.9 Å². The van der Waals surface area contributed by atoms with Crippen molar-refractivity contribution in [2.45, 2.75) is 61.1 Å². The van der Waals surface area contributed by atoms with Crippen molar-refractivity contribution in [3.8, 4) is 0 Å². The SMILES string of the molecule is OCC1(NC2CC2)CCCC(SCc2ccco2)C1. The molecule has 2 N–H and O–H groups in total. The topological polar surface area (TPSA) is 45.4 Å². The Kier molecular flexibility index (Phi) is 4.20. The van der Waals surface area contributed by atoms with Crippen LogP contribution in [0.15, 0.2) is 22.8 Å². The van der Waals surface area contributed by atoms with Gasteiger partial charge in [0.05, 0.1) is 18.6 Å². The number of hydrogen-bond donors (Lipinski definition) is 2. The van der Waals surface area contributed by atoms with Gasteiger partial charge in [0.2, 0.25) is 0 Å². The zero-order chi connectivity index (χ0) is 13.1. The summed E-state index contributed by atoms with van der Waals surface area (Å²) in [6.07, 6.45) is 9.00. The van der Waals surface area contributed by atoms with Gasteiger partial charge in [-0.1, -0.05) is 6.42 Å². The molecule has 0 saturated heterocycles. The molecule has 0 amide bonds. The van der Waals surface area contributed by atoms with Crippen molar-refractivity contribution in [2.75, 3.05) is 6.61 Å². The van der Waals surface area contributed by atoms with Crippen LogP contribution in [0.2, 0.25) is 0 Å². The van der Waals surface area contributed by atoms with Gasteiger partial charge in [0.25, 0.3) is 0 Å². The Hall–Kier alpha value is -0.450. The smallest absolute Gasteiger partial charge is 0.113 e. The van der Waals surface area contributed by atoms with Crippen LogP contribution in [-0.2, 0) is 5.75 Å². The van der Waals surface area contributed by atoms with Gasteiger partial charge in [-0.2, -0.15) is 11.8 Å². The summed E-state index contributed by atoms with van der Waals surface area (Å²) < 4.78 is 5.39. The van der Waals surface area contributed by atoms with Crippen LogP contribution in [0.25, 0.3) is 0 Å². The summed E-state index contributed by atoms with van der Waals surface area (Å²) in [4.78, 5) is 0. The maximum atomic E-state index is 9.80. The standard InChI is InChI=1S/C15H23NO2S/c17-11-15(16-12-5-6-12)7-1-4-14(9-15)19-10-13-3-2-8-18-13/h2-3,8,12,14,16-17H,1,4-7,9-11H2. The van der Waals surface area contributed by atoms with Crippen LogP contribution in [0.3, 0.4) is 0 Å². The number of aliphatic hydroxyl groups excluding tert-OH is 1. The molecular weight excluding hydrogens is 258 g/mol. The first-order chi connectivity index (χ1) is 9.30. The van der Waals surface area contributed by atoms with Crippen LogP contribution in [-0.4, -0.2) is 28.5 Å². The van der Waals surface area contributed by atoms with Crippen LogP contribution < -0.4 is 5.32 Å². The first-order valence-corrected chi connectivity index (χ1v) is 8.37. The van der Waals surface area contributed by atoms with Crippen molar-refractivity contribution < 1.29 is 9.52 Å². The monoisotopic (exact) mass is 281 g/mol. The first kappa shape index (κ1) is 13.5. The number of nitrogens with one attached hydrogen (secondary N) is 1. The van der Waals surface area contributed by atoms with Gasteiger partial charge in [-0.05, 0) is 44.2 Å². The lowest BCUT2D eigenvalue weighted by Gasteiger charge is -2.40. The summed E-state index contributed by atoms with van der Waals surface area (Å²) in [6, 6.07) is 4.65. The van der Waals surface area contributed by atoms with Crippen LogP contribution in [0.4, 0.5) is 0 Å². The van der Waals surface area contributed by atoms with Gasteiger partial charge in [-0.15, -0.1) is 0 Å². The quantitative estimate of drug-likeness (QED) is 0.841. The van der Waals surface area contributed by atoms with Crippen LogP contribution in [0, 0.1) is 0 Å². The molecule has 0 aliphatic heterocycles. The molecule has 0 spiro atoms. The van der Waals surface area contributed by atoms with Gasteiger partial charge in [-0.25, -0.2) is 0 Å². The molecular formula is C15H23NO2S. The van der Waals surface area contributed by atoms with E-state index in [9.17, 15) is 5.11 Å². The Morgan fingerprint density at radius 1 is 1.42 bits per heavy atom. The summed E-state index contributed by atoms with van der Waals surface area (Å²) in [5.41, 5.74) is -0.0136. The van der Waals surface area contributed by atoms with Gasteiger partial charge in [0, 0.05) is 16.8 Å². The lowest BCUT2D eigenvalue weighted by atomic mass is 9.82. The Balaban J connectivity index is 1.53. The van der Waals surface area contributed by atoms with Crippen molar-refractivity contribution in [1.29, 1.82) is 0 Å². The van der Waals surface area contributed by atoms with E-state index >= 15 is 0 Å². The van der Waals surface area contributed by atoms with Crippen molar-refractivity contribution >= 4 is 11.8 Å². The summed E-state index contributed by atoms with van der Waals surface area (Å²) in [5, 5.41) is 14.1. The normalized spacial score (nSPS) is 31.5. The van der Waals surface area contributed by atoms with E-state index in [4.69, 9.17) is 4.42 Å². The highest BCUT2D eigenvalue weighted by atomic mass is 32.2. The summed E-state index contributed by atoms with van der Waals surface area (Å²) in [7, 11) is 0. The molecule has 3 nitrogen and oxygen atoms in total. The lowest BCUT2D eigenvalue weighted by Crippen LogP contribution is -2.53. The predicted molar refractivity (Wildman–Crippen MR) is 78.2 cm³/mol. The van der Waals surface area contributed by atoms with Crippen LogP contribution >= 0.6 is 11.8 Å². The molecule has 1 aromatic rings. The van der Waals surface area contributed by atoms with Gasteiger partial charge in [0.15, 0.2) is 0 Å². The number of thioether (sulfide) groups is 1. The Morgan fingerprint density at radius 2 is 2.32 bits per heavy atom. The Labute approximate surface area is 119 Å². The molecule has 0 bridgehead atoms. The van der Waals surface area contributed by atoms with Gasteiger partial charge >= 0.3 is 0 Å². The highest BCUT2D eigenvalue weighted by Gasteiger charge is 2.39. The van der Waals surface area contributed by atoms with E-state index in [0.29, 0.717) is 11.3 Å². The highest BCUT2D eigenvalue weighted by Crippen LogP contribution is 2.38. The Bertz CT molecular complexity index is 391. The third kappa shape index (κ3) is 3.56. The van der Waals surface area contributed by atoms with Gasteiger partial charge in [-0.3, -0.25) is 0 Å². The van der Waals surface area contributed by atoms with Crippen LogP contribution in [0.1, 0.15) is 44.3 Å². The largest absolute Gasteiger partial charge is 0.468 e. The predicted octanol–water partition coefficient (Wildman–Crippen LogP) is 2.94. The molecule has 2 fully saturated rings. The average molecular weight is 281 g/mol. The van der Waals surface area contributed by atoms with E-state index < -0.39 is 0 Å². The third-order valence-electron chi connectivity index (χ3n) is 4.23. The minimum atomic E-state index is -0.0136. The molecule has 1 aromatic heterocycles. The summed E-state index contributed by atoms with van der Waals surface area (Å²) >= 11 is 1.98. The molecule has 1 heterocycles. The van der Waals surface area contributed by atoms with Gasteiger partial charge in [0.1, 0.15) is 5.76 Å². The van der Waals surface area contributed by atoms with Gasteiger partial charge < -0.3 is 14.8 Å². The fraction of sp³-hybridized carbons (Fsp3) is 0.733. The van der Waals surface area contributed by atoms with E-state index in [2.05, 4.69) is 5.32 Å². The van der Waals surface area contributed by atoms with Crippen molar-refractivity contribution in [1.82, 2.24) is 5.32 Å². The minimum absolute atomic E-state index is 0.0136. The first-order valence-electron chi connectivity index (χ1n) is 7.32. The molecule has 2 aliphatic rings. The highest BCUT2D eigenvalue weighted by molar-refractivity contribution is 7.99. The molecule has 2 aliphatic carbocycles. The second-order valence-corrected chi connectivity index (χ2v) is 7.25. The number of furan rings is 1. The molecule has 106 valence electrons. The number of aliphatic hydroxyl groups is 1. The number of rotatable bonds is 6. The summed E-state index contributed by atoms with van der Waals surface area (Å²) in [5.74, 6) is 2.00. The van der Waals surface area contributed by atoms with Crippen molar-refractivity contribution in [3.63, 3.8) is 0 Å². The second kappa shape index (κ2) is 5.90. The lowest BCUT2D eigenvalue weighted by molar-refractivity contribution is 0.122. The van der Waals surface area contributed by atoms with Crippen molar-refractivity contribution in [2.24, 2.45) is 0 Å². The number of hydrogen-bond acceptors (Lipinski definition) is 4. The molecule has 2 atom stereocenters. The molecule has 2 unspecified atom stereocenters. The molecule has 0 aromatic carbocycles. The van der Waals surface area contributed by atoms with E-state index in [0.717, 1.165) is 24.4 Å². The minimum Gasteiger partial charge on any atom is -0.468 e. The summed E-state index contributed by atoms with van der Waals surface area (Å²) in [6.45, 7) is 0.279. The zero-order valence-electron chi connectivity index (χ0n) is 11.3. The zero-order valence-corrected chi connectivity index (χ0v) is 12.1. The molecule has 4 heteroatoms. The third-order valence-corrected chi connectivity index (χ3v) is 5.56. The molecule has 2 saturated carbocycles. The second-order valence-electron chi connectivity index (χ2n) is 5.97. The van der Waals surface area contributed by atoms with E-state index in [1.54, 1.807) is 6.26 Å². The van der Waals surface area contributed by atoms with E-state index in [-0.39, 0.29) is 12.1 Å².